The molecule has 2 unspecified atom stereocenters. The number of hydrogen-bond donors (Lipinski definition) is 1. The van der Waals surface area contributed by atoms with E-state index in [2.05, 4.69) is 20.8 Å². The van der Waals surface area contributed by atoms with Crippen LogP contribution in [0.3, 0.4) is 0 Å². The van der Waals surface area contributed by atoms with Crippen LogP contribution in [0.5, 0.6) is 0 Å². The van der Waals surface area contributed by atoms with Crippen LogP contribution in [0.4, 0.5) is 0 Å². The van der Waals surface area contributed by atoms with E-state index < -0.39 is 6.10 Å². The molecular weight excluding hydrogens is 244 g/mol. The molecule has 0 saturated carbocycles. The van der Waals surface area contributed by atoms with Gasteiger partial charge in [-0.05, 0) is 32.1 Å². The van der Waals surface area contributed by atoms with Gasteiger partial charge in [-0.15, -0.1) is 0 Å². The third kappa shape index (κ3) is 13.6. The van der Waals surface area contributed by atoms with E-state index in [9.17, 15) is 4.79 Å². The number of hydrogen-bond acceptors (Lipinski definition) is 4. The van der Waals surface area contributed by atoms with Gasteiger partial charge in [0.1, 0.15) is 6.10 Å². The highest BCUT2D eigenvalue weighted by Crippen LogP contribution is 2.22. The number of unbranched alkanes of at least 4 members (excludes halogenated alkanes) is 2. The average Bonchev–Trinajstić information content (AvgIpc) is 2.23. The molecule has 0 bridgehead atoms. The van der Waals surface area contributed by atoms with Gasteiger partial charge in [0.05, 0.1) is 6.10 Å². The monoisotopic (exact) mass is 274 g/mol. The summed E-state index contributed by atoms with van der Waals surface area (Å²) in [4.78, 5) is 21.0. The Morgan fingerprint density at radius 1 is 1.16 bits per heavy atom. The Hall–Kier alpha value is -0.610. The SMILES string of the molecule is CC(O)CC(C)OOC(=O)CCCCCC(C)(C)C. The predicted octanol–water partition coefficient (Wildman–Crippen LogP) is 3.62. The molecule has 1 N–H and O–H groups in total. The van der Waals surface area contributed by atoms with Crippen molar-refractivity contribution in [2.75, 3.05) is 0 Å². The Labute approximate surface area is 117 Å². The second-order valence-electron chi connectivity index (χ2n) is 6.57. The minimum atomic E-state index is -0.453. The summed E-state index contributed by atoms with van der Waals surface area (Å²) in [6.45, 7) is 10.1. The lowest BCUT2D eigenvalue weighted by atomic mass is 9.89. The molecule has 0 aliphatic heterocycles. The zero-order valence-corrected chi connectivity index (χ0v) is 13.1. The zero-order valence-electron chi connectivity index (χ0n) is 13.1. The van der Waals surface area contributed by atoms with Crippen molar-refractivity contribution in [3.05, 3.63) is 0 Å². The van der Waals surface area contributed by atoms with Crippen LogP contribution in [-0.4, -0.2) is 23.3 Å². The van der Waals surface area contributed by atoms with Crippen molar-refractivity contribution in [2.45, 2.75) is 85.4 Å². The van der Waals surface area contributed by atoms with E-state index in [0.717, 1.165) is 19.3 Å². The maximum atomic E-state index is 11.4. The summed E-state index contributed by atoms with van der Waals surface area (Å²) >= 11 is 0. The van der Waals surface area contributed by atoms with Crippen LogP contribution in [0.25, 0.3) is 0 Å². The number of rotatable bonds is 9. The summed E-state index contributed by atoms with van der Waals surface area (Å²) in [7, 11) is 0. The van der Waals surface area contributed by atoms with Crippen molar-refractivity contribution in [1.29, 1.82) is 0 Å². The highest BCUT2D eigenvalue weighted by atomic mass is 17.2. The fraction of sp³-hybridized carbons (Fsp3) is 0.933. The standard InChI is InChI=1S/C15H30O4/c1-12(16)11-13(2)18-19-14(17)9-7-6-8-10-15(3,4)5/h12-13,16H,6-11H2,1-5H3. The normalized spacial score (nSPS) is 15.1. The molecule has 0 aromatic heterocycles. The number of aliphatic hydroxyl groups excluding tert-OH is 1. The van der Waals surface area contributed by atoms with Crippen molar-refractivity contribution >= 4 is 5.97 Å². The summed E-state index contributed by atoms with van der Waals surface area (Å²) in [6, 6.07) is 0. The molecule has 0 saturated heterocycles. The van der Waals surface area contributed by atoms with Gasteiger partial charge in [-0.25, -0.2) is 4.79 Å². The molecule has 0 amide bonds. The fourth-order valence-electron chi connectivity index (χ4n) is 1.80. The van der Waals surface area contributed by atoms with Gasteiger partial charge in [-0.1, -0.05) is 33.6 Å². The van der Waals surface area contributed by atoms with E-state index in [4.69, 9.17) is 14.9 Å². The first kappa shape index (κ1) is 18.4. The fourth-order valence-corrected chi connectivity index (χ4v) is 1.80. The first-order valence-corrected chi connectivity index (χ1v) is 7.25. The molecule has 0 heterocycles. The average molecular weight is 274 g/mol. The maximum Gasteiger partial charge on any atom is 0.342 e. The summed E-state index contributed by atoms with van der Waals surface area (Å²) in [5, 5.41) is 9.13. The molecule has 114 valence electrons. The van der Waals surface area contributed by atoms with Gasteiger partial charge in [0.25, 0.3) is 0 Å². The Morgan fingerprint density at radius 3 is 2.32 bits per heavy atom. The molecule has 2 atom stereocenters. The van der Waals surface area contributed by atoms with Gasteiger partial charge in [-0.3, -0.25) is 4.89 Å². The molecule has 4 nitrogen and oxygen atoms in total. The molecule has 0 spiro atoms. The lowest BCUT2D eigenvalue weighted by molar-refractivity contribution is -0.297. The molecule has 0 rings (SSSR count). The van der Waals surface area contributed by atoms with Crippen molar-refractivity contribution in [1.82, 2.24) is 0 Å². The lowest BCUT2D eigenvalue weighted by Gasteiger charge is -2.17. The highest BCUT2D eigenvalue weighted by molar-refractivity contribution is 5.68. The van der Waals surface area contributed by atoms with Crippen LogP contribution in [0.1, 0.15) is 73.1 Å². The Kier molecular flexibility index (Phi) is 9.02. The molecule has 0 aliphatic rings. The molecular formula is C15H30O4. The molecule has 0 fully saturated rings. The summed E-state index contributed by atoms with van der Waals surface area (Å²) in [6.07, 6.45) is 4.30. The van der Waals surface area contributed by atoms with E-state index >= 15 is 0 Å². The van der Waals surface area contributed by atoms with Gasteiger partial charge in [0.2, 0.25) is 0 Å². The van der Waals surface area contributed by atoms with Crippen LogP contribution < -0.4 is 0 Å². The Morgan fingerprint density at radius 2 is 1.79 bits per heavy atom. The third-order valence-electron chi connectivity index (χ3n) is 2.79. The summed E-state index contributed by atoms with van der Waals surface area (Å²) in [5.41, 5.74) is 0.361. The van der Waals surface area contributed by atoms with Gasteiger partial charge < -0.3 is 5.11 Å². The second-order valence-corrected chi connectivity index (χ2v) is 6.57. The zero-order chi connectivity index (χ0) is 14.9. The Bertz CT molecular complexity index is 243. The molecule has 19 heavy (non-hydrogen) atoms. The topological polar surface area (TPSA) is 55.8 Å². The number of carbonyl (C=O) groups excluding carboxylic acids is 1. The van der Waals surface area contributed by atoms with E-state index in [1.807, 2.05) is 0 Å². The maximum absolute atomic E-state index is 11.4. The minimum absolute atomic E-state index is 0.273. The van der Waals surface area contributed by atoms with Gasteiger partial charge in [-0.2, -0.15) is 4.89 Å². The summed E-state index contributed by atoms with van der Waals surface area (Å²) < 4.78 is 0. The van der Waals surface area contributed by atoms with Crippen LogP contribution in [0.15, 0.2) is 0 Å². The smallest absolute Gasteiger partial charge is 0.342 e. The van der Waals surface area contributed by atoms with Crippen LogP contribution in [0, 0.1) is 5.41 Å². The van der Waals surface area contributed by atoms with E-state index in [1.54, 1.807) is 13.8 Å². The van der Waals surface area contributed by atoms with Crippen molar-refractivity contribution in [2.24, 2.45) is 5.41 Å². The van der Waals surface area contributed by atoms with Crippen molar-refractivity contribution < 1.29 is 19.7 Å². The first-order chi connectivity index (χ1) is 8.70. The van der Waals surface area contributed by atoms with Crippen LogP contribution >= 0.6 is 0 Å². The van der Waals surface area contributed by atoms with Gasteiger partial charge >= 0.3 is 5.97 Å². The number of aliphatic hydroxyl groups is 1. The quantitative estimate of drug-likeness (QED) is 0.396. The minimum Gasteiger partial charge on any atom is -0.393 e. The molecule has 0 aromatic carbocycles. The van der Waals surface area contributed by atoms with E-state index in [1.165, 1.54) is 6.42 Å². The predicted molar refractivity (Wildman–Crippen MR) is 75.5 cm³/mol. The van der Waals surface area contributed by atoms with Gasteiger partial charge in [0.15, 0.2) is 0 Å². The van der Waals surface area contributed by atoms with Crippen molar-refractivity contribution in [3.63, 3.8) is 0 Å². The Balaban J connectivity index is 3.50. The highest BCUT2D eigenvalue weighted by Gasteiger charge is 2.12. The largest absolute Gasteiger partial charge is 0.393 e. The van der Waals surface area contributed by atoms with E-state index in [0.29, 0.717) is 18.3 Å². The molecule has 0 aromatic rings. The van der Waals surface area contributed by atoms with Gasteiger partial charge in [0, 0.05) is 12.8 Å². The molecule has 0 radical (unpaired) electrons. The van der Waals surface area contributed by atoms with Crippen LogP contribution in [-0.2, 0) is 14.6 Å². The first-order valence-electron chi connectivity index (χ1n) is 7.25. The van der Waals surface area contributed by atoms with Crippen molar-refractivity contribution in [3.8, 4) is 0 Å². The third-order valence-corrected chi connectivity index (χ3v) is 2.79. The second kappa shape index (κ2) is 9.32. The van der Waals surface area contributed by atoms with E-state index in [-0.39, 0.29) is 12.1 Å². The molecule has 4 heteroatoms. The summed E-state index contributed by atoms with van der Waals surface area (Å²) in [5.74, 6) is -0.326. The number of carbonyl (C=O) groups is 1. The van der Waals surface area contributed by atoms with Crippen LogP contribution in [0.2, 0.25) is 0 Å². The lowest BCUT2D eigenvalue weighted by Crippen LogP contribution is -2.18. The molecule has 0 aliphatic carbocycles.